The summed E-state index contributed by atoms with van der Waals surface area (Å²) in [5, 5.41) is 7.20. The zero-order chi connectivity index (χ0) is 26.4. The van der Waals surface area contributed by atoms with Gasteiger partial charge in [-0.15, -0.1) is 11.3 Å². The number of benzene rings is 2. The number of hydrogen-bond acceptors (Lipinski definition) is 8. The Labute approximate surface area is 212 Å². The molecule has 0 spiro atoms. The van der Waals surface area contributed by atoms with Gasteiger partial charge in [0.05, 0.1) is 9.79 Å². The van der Waals surface area contributed by atoms with Gasteiger partial charge in [0.15, 0.2) is 5.13 Å². The normalized spacial score (nSPS) is 11.1. The van der Waals surface area contributed by atoms with Crippen LogP contribution in [0.4, 0.5) is 16.5 Å². The van der Waals surface area contributed by atoms with Gasteiger partial charge in [-0.3, -0.25) is 14.3 Å². The van der Waals surface area contributed by atoms with E-state index in [1.807, 2.05) is 0 Å². The Morgan fingerprint density at radius 1 is 0.857 bits per heavy atom. The summed E-state index contributed by atoms with van der Waals surface area (Å²) >= 11 is 1.20. The van der Waals surface area contributed by atoms with E-state index in [4.69, 9.17) is 10.7 Å². The fourth-order valence-corrected chi connectivity index (χ4v) is 5.41. The molecule has 0 fully saturated rings. The molecule has 0 bridgehead atoms. The molecule has 2 aromatic carbocycles. The van der Waals surface area contributed by atoms with Crippen molar-refractivity contribution in [1.82, 2.24) is 4.98 Å². The molecule has 14 heteroatoms. The molecule has 3 N–H and O–H groups in total. The molecule has 0 aliphatic carbocycles. The van der Waals surface area contributed by atoms with E-state index in [-0.39, 0.29) is 21.6 Å². The molecule has 0 saturated carbocycles. The molecular weight excluding hydrogens is 536 g/mol. The molecule has 1 heterocycles. The Hall–Kier alpha value is -3.00. The first-order valence-corrected chi connectivity index (χ1v) is 14.5. The number of aromatic nitrogens is 1. The first-order valence-electron chi connectivity index (χ1n) is 9.82. The first kappa shape index (κ1) is 28.2. The van der Waals surface area contributed by atoms with Crippen LogP contribution in [0, 0.1) is 13.8 Å². The summed E-state index contributed by atoms with van der Waals surface area (Å²) in [4.78, 5) is 25.8. The van der Waals surface area contributed by atoms with Gasteiger partial charge in [0.1, 0.15) is 0 Å². The van der Waals surface area contributed by atoms with E-state index < -0.39 is 19.1 Å². The van der Waals surface area contributed by atoms with Crippen LogP contribution in [0.3, 0.4) is 0 Å². The molecule has 2 amide bonds. The summed E-state index contributed by atoms with van der Waals surface area (Å²) in [5.74, 6) is -0.413. The quantitative estimate of drug-likeness (QED) is 0.385. The SMILES string of the molecule is CC(=O)Nc1ccc(S(=O)(=O)Cl)cc1C.CC(=O)Nc1ccc(S(=O)(=O)Nc2nccs2)cc1C. The maximum Gasteiger partial charge on any atom is 0.263 e. The number of hydrogen-bond donors (Lipinski definition) is 3. The van der Waals surface area contributed by atoms with E-state index in [1.165, 1.54) is 61.7 Å². The minimum absolute atomic E-state index is 0.0239. The summed E-state index contributed by atoms with van der Waals surface area (Å²) in [7, 11) is -2.20. The fraction of sp³-hybridized carbons (Fsp3) is 0.190. The van der Waals surface area contributed by atoms with Gasteiger partial charge in [-0.1, -0.05) is 0 Å². The highest BCUT2D eigenvalue weighted by Crippen LogP contribution is 2.23. The van der Waals surface area contributed by atoms with Crippen LogP contribution in [0.1, 0.15) is 25.0 Å². The van der Waals surface area contributed by atoms with Crippen LogP contribution in [0.5, 0.6) is 0 Å². The highest BCUT2D eigenvalue weighted by Gasteiger charge is 2.16. The molecule has 188 valence electrons. The number of nitrogens with zero attached hydrogens (tertiary/aromatic N) is 1. The van der Waals surface area contributed by atoms with Crippen molar-refractivity contribution >= 4 is 69.4 Å². The molecule has 0 atom stereocenters. The lowest BCUT2D eigenvalue weighted by atomic mass is 10.2. The highest BCUT2D eigenvalue weighted by molar-refractivity contribution is 8.13. The molecule has 0 aliphatic heterocycles. The number of halogens is 1. The Morgan fingerprint density at radius 2 is 1.34 bits per heavy atom. The molecular formula is C21H23ClN4O6S3. The second-order valence-electron chi connectivity index (χ2n) is 7.20. The average Bonchev–Trinajstić information content (AvgIpc) is 3.22. The number of anilines is 3. The number of nitrogens with one attached hydrogen (secondary N) is 3. The van der Waals surface area contributed by atoms with Crippen molar-refractivity contribution in [3.63, 3.8) is 0 Å². The van der Waals surface area contributed by atoms with E-state index in [0.717, 1.165) is 0 Å². The lowest BCUT2D eigenvalue weighted by Gasteiger charge is -2.10. The predicted molar refractivity (Wildman–Crippen MR) is 137 cm³/mol. The maximum absolute atomic E-state index is 12.2. The van der Waals surface area contributed by atoms with Gasteiger partial charge < -0.3 is 10.6 Å². The fourth-order valence-electron chi connectivity index (χ4n) is 2.70. The topological polar surface area (TPSA) is 151 Å². The highest BCUT2D eigenvalue weighted by atomic mass is 35.7. The zero-order valence-corrected chi connectivity index (χ0v) is 22.3. The number of rotatable bonds is 6. The van der Waals surface area contributed by atoms with E-state index in [1.54, 1.807) is 25.3 Å². The third kappa shape index (κ3) is 8.62. The molecule has 0 radical (unpaired) electrons. The van der Waals surface area contributed by atoms with E-state index >= 15 is 0 Å². The van der Waals surface area contributed by atoms with E-state index in [2.05, 4.69) is 20.3 Å². The van der Waals surface area contributed by atoms with Crippen LogP contribution < -0.4 is 15.4 Å². The van der Waals surface area contributed by atoms with Gasteiger partial charge >= 0.3 is 0 Å². The molecule has 1 aromatic heterocycles. The monoisotopic (exact) mass is 558 g/mol. The van der Waals surface area contributed by atoms with Crippen LogP contribution in [0.15, 0.2) is 57.8 Å². The smallest absolute Gasteiger partial charge is 0.263 e. The van der Waals surface area contributed by atoms with Crippen molar-refractivity contribution in [1.29, 1.82) is 0 Å². The van der Waals surface area contributed by atoms with Crippen molar-refractivity contribution in [2.45, 2.75) is 37.5 Å². The lowest BCUT2D eigenvalue weighted by molar-refractivity contribution is -0.115. The third-order valence-electron chi connectivity index (χ3n) is 4.26. The van der Waals surface area contributed by atoms with Crippen molar-refractivity contribution in [3.05, 3.63) is 59.1 Å². The molecule has 3 aromatic rings. The third-order valence-corrected chi connectivity index (χ3v) is 7.77. The van der Waals surface area contributed by atoms with Crippen molar-refractivity contribution in [2.24, 2.45) is 0 Å². The maximum atomic E-state index is 12.2. The summed E-state index contributed by atoms with van der Waals surface area (Å²) in [5.41, 5.74) is 2.48. The number of sulfonamides is 1. The van der Waals surface area contributed by atoms with Gasteiger partial charge in [-0.2, -0.15) is 0 Å². The number of aryl methyl sites for hydroxylation is 2. The van der Waals surface area contributed by atoms with E-state index in [9.17, 15) is 26.4 Å². The molecule has 0 unspecified atom stereocenters. The molecule has 3 rings (SSSR count). The van der Waals surface area contributed by atoms with Gasteiger partial charge in [-0.05, 0) is 61.4 Å². The molecule has 10 nitrogen and oxygen atoms in total. The standard InChI is InChI=1S/C12H13N3O3S2.C9H10ClNO3S/c1-8-7-10(3-4-11(8)14-9(2)16)20(17,18)15-12-13-5-6-19-12;1-6-5-8(15(10,13)14)3-4-9(6)11-7(2)12/h3-7H,1-2H3,(H,13,15)(H,14,16);3-5H,1-2H3,(H,11,12). The number of amides is 2. The Morgan fingerprint density at radius 3 is 1.74 bits per heavy atom. The van der Waals surface area contributed by atoms with Crippen LogP contribution >= 0.6 is 22.0 Å². The lowest BCUT2D eigenvalue weighted by Crippen LogP contribution is -2.13. The Bertz CT molecular complexity index is 1440. The van der Waals surface area contributed by atoms with Gasteiger partial charge in [0.2, 0.25) is 11.8 Å². The van der Waals surface area contributed by atoms with Crippen LogP contribution in [-0.2, 0) is 28.7 Å². The average molecular weight is 559 g/mol. The number of thiazole rings is 1. The van der Waals surface area contributed by atoms with Gasteiger partial charge in [0, 0.05) is 47.5 Å². The summed E-state index contributed by atoms with van der Waals surface area (Å²) in [6.45, 7) is 6.20. The largest absolute Gasteiger partial charge is 0.326 e. The summed E-state index contributed by atoms with van der Waals surface area (Å²) in [6.07, 6.45) is 1.52. The minimum Gasteiger partial charge on any atom is -0.326 e. The van der Waals surface area contributed by atoms with Crippen molar-refractivity contribution in [2.75, 3.05) is 15.4 Å². The summed E-state index contributed by atoms with van der Waals surface area (Å²) in [6, 6.07) is 8.77. The van der Waals surface area contributed by atoms with Crippen LogP contribution in [0.25, 0.3) is 0 Å². The van der Waals surface area contributed by atoms with Gasteiger partial charge in [-0.25, -0.2) is 21.8 Å². The zero-order valence-electron chi connectivity index (χ0n) is 19.1. The Kier molecular flexibility index (Phi) is 9.38. The minimum atomic E-state index is -3.71. The second kappa shape index (κ2) is 11.6. The predicted octanol–water partition coefficient (Wildman–Crippen LogP) is 4.09. The second-order valence-corrected chi connectivity index (χ2v) is 12.3. The number of carbonyl (C=O) groups is 2. The molecule has 0 aliphatic rings. The van der Waals surface area contributed by atoms with E-state index in [0.29, 0.717) is 27.6 Å². The van der Waals surface area contributed by atoms with Crippen molar-refractivity contribution in [3.8, 4) is 0 Å². The van der Waals surface area contributed by atoms with Crippen LogP contribution in [-0.4, -0.2) is 33.6 Å². The first-order chi connectivity index (χ1) is 16.2. The van der Waals surface area contributed by atoms with Gasteiger partial charge in [0.25, 0.3) is 19.1 Å². The van der Waals surface area contributed by atoms with Crippen molar-refractivity contribution < 1.29 is 26.4 Å². The number of carbonyl (C=O) groups excluding carboxylic acids is 2. The Balaban J connectivity index is 0.000000258. The molecule has 0 saturated heterocycles. The molecule has 35 heavy (non-hydrogen) atoms. The summed E-state index contributed by atoms with van der Waals surface area (Å²) < 4.78 is 48.7. The van der Waals surface area contributed by atoms with Crippen LogP contribution in [0.2, 0.25) is 0 Å².